The van der Waals surface area contributed by atoms with Crippen LogP contribution in [0, 0.1) is 0 Å². The molecular formula is C17H25NO2. The number of fused-ring (bicyclic) bond motifs is 1. The lowest BCUT2D eigenvalue weighted by atomic mass is 9.87. The minimum Gasteiger partial charge on any atom is -0.487 e. The van der Waals surface area contributed by atoms with Crippen molar-refractivity contribution in [2.75, 3.05) is 0 Å². The van der Waals surface area contributed by atoms with Crippen LogP contribution in [0.5, 0.6) is 5.75 Å². The second-order valence-electron chi connectivity index (χ2n) is 6.84. The van der Waals surface area contributed by atoms with Gasteiger partial charge < -0.3 is 15.2 Å². The van der Waals surface area contributed by atoms with Crippen LogP contribution in [0.15, 0.2) is 24.3 Å². The maximum absolute atomic E-state index is 9.84. The highest BCUT2D eigenvalue weighted by atomic mass is 16.5. The molecule has 0 amide bonds. The van der Waals surface area contributed by atoms with Gasteiger partial charge in [-0.3, -0.25) is 0 Å². The zero-order chi connectivity index (χ0) is 14.2. The summed E-state index contributed by atoms with van der Waals surface area (Å²) in [7, 11) is 0. The first kappa shape index (κ1) is 13.9. The summed E-state index contributed by atoms with van der Waals surface area (Å²) in [6.45, 7) is 4.29. The van der Waals surface area contributed by atoms with E-state index in [2.05, 4.69) is 37.4 Å². The molecule has 0 saturated heterocycles. The van der Waals surface area contributed by atoms with Crippen molar-refractivity contribution in [2.45, 2.75) is 69.7 Å². The molecule has 3 atom stereocenters. The summed E-state index contributed by atoms with van der Waals surface area (Å²) in [5, 5.41) is 13.6. The van der Waals surface area contributed by atoms with E-state index in [0.717, 1.165) is 37.9 Å². The van der Waals surface area contributed by atoms with Gasteiger partial charge in [-0.25, -0.2) is 0 Å². The number of hydrogen-bond donors (Lipinski definition) is 2. The standard InChI is InChI=1S/C17H25NO2/c1-17(2)11-15(14-8-3-4-9-16(14)20-17)18-12-6-5-7-13(19)10-12/h3-4,8-9,12-13,15,18-19H,5-7,10-11H2,1-2H3. The van der Waals surface area contributed by atoms with Gasteiger partial charge in [0.25, 0.3) is 0 Å². The highest BCUT2D eigenvalue weighted by Crippen LogP contribution is 2.40. The van der Waals surface area contributed by atoms with E-state index >= 15 is 0 Å². The van der Waals surface area contributed by atoms with E-state index in [1.54, 1.807) is 0 Å². The highest BCUT2D eigenvalue weighted by molar-refractivity contribution is 5.38. The van der Waals surface area contributed by atoms with Gasteiger partial charge in [0.05, 0.1) is 6.10 Å². The Balaban J connectivity index is 1.78. The van der Waals surface area contributed by atoms with E-state index in [1.165, 1.54) is 5.56 Å². The molecule has 1 aliphatic carbocycles. The topological polar surface area (TPSA) is 41.5 Å². The van der Waals surface area contributed by atoms with Crippen LogP contribution in [0.25, 0.3) is 0 Å². The lowest BCUT2D eigenvalue weighted by molar-refractivity contribution is 0.0561. The number of ether oxygens (including phenoxy) is 1. The predicted molar refractivity (Wildman–Crippen MR) is 79.9 cm³/mol. The smallest absolute Gasteiger partial charge is 0.124 e. The summed E-state index contributed by atoms with van der Waals surface area (Å²) in [5.74, 6) is 0.998. The fourth-order valence-electron chi connectivity index (χ4n) is 3.55. The zero-order valence-corrected chi connectivity index (χ0v) is 12.4. The Morgan fingerprint density at radius 2 is 2.05 bits per heavy atom. The van der Waals surface area contributed by atoms with Crippen LogP contribution in [0.2, 0.25) is 0 Å². The van der Waals surface area contributed by atoms with Crippen LogP contribution in [0.4, 0.5) is 0 Å². The number of nitrogens with one attached hydrogen (secondary N) is 1. The lowest BCUT2D eigenvalue weighted by Crippen LogP contribution is -2.44. The molecule has 3 rings (SSSR count). The average Bonchev–Trinajstić information content (AvgIpc) is 2.37. The molecule has 1 aromatic rings. The number of aliphatic hydroxyl groups excluding tert-OH is 1. The Morgan fingerprint density at radius 1 is 1.25 bits per heavy atom. The SMILES string of the molecule is CC1(C)CC(NC2CCCC(O)C2)c2ccccc2O1. The molecule has 110 valence electrons. The summed E-state index contributed by atoms with van der Waals surface area (Å²) < 4.78 is 6.07. The molecule has 3 heteroatoms. The van der Waals surface area contributed by atoms with Crippen molar-refractivity contribution in [3.63, 3.8) is 0 Å². The van der Waals surface area contributed by atoms with E-state index < -0.39 is 0 Å². The molecule has 20 heavy (non-hydrogen) atoms. The third-order valence-corrected chi connectivity index (χ3v) is 4.46. The van der Waals surface area contributed by atoms with Gasteiger partial charge in [-0.1, -0.05) is 18.2 Å². The van der Waals surface area contributed by atoms with Crippen LogP contribution in [-0.2, 0) is 0 Å². The van der Waals surface area contributed by atoms with E-state index in [4.69, 9.17) is 4.74 Å². The van der Waals surface area contributed by atoms with Crippen molar-refractivity contribution in [1.82, 2.24) is 5.32 Å². The summed E-state index contributed by atoms with van der Waals surface area (Å²) in [4.78, 5) is 0. The van der Waals surface area contributed by atoms with E-state index in [9.17, 15) is 5.11 Å². The summed E-state index contributed by atoms with van der Waals surface area (Å²) in [5.41, 5.74) is 1.12. The minimum absolute atomic E-state index is 0.135. The summed E-state index contributed by atoms with van der Waals surface area (Å²) in [6, 6.07) is 9.06. The van der Waals surface area contributed by atoms with Crippen LogP contribution >= 0.6 is 0 Å². The van der Waals surface area contributed by atoms with Crippen LogP contribution in [0.1, 0.15) is 57.6 Å². The Labute approximate surface area is 121 Å². The molecule has 3 nitrogen and oxygen atoms in total. The molecule has 2 aliphatic rings. The molecule has 0 radical (unpaired) electrons. The second-order valence-corrected chi connectivity index (χ2v) is 6.84. The lowest BCUT2D eigenvalue weighted by Gasteiger charge is -2.40. The molecule has 0 spiro atoms. The van der Waals surface area contributed by atoms with Crippen molar-refractivity contribution in [3.05, 3.63) is 29.8 Å². The zero-order valence-electron chi connectivity index (χ0n) is 12.4. The third kappa shape index (κ3) is 2.99. The van der Waals surface area contributed by atoms with Gasteiger partial charge >= 0.3 is 0 Å². The van der Waals surface area contributed by atoms with Crippen molar-refractivity contribution >= 4 is 0 Å². The maximum Gasteiger partial charge on any atom is 0.124 e. The van der Waals surface area contributed by atoms with Gasteiger partial charge in [-0.05, 0) is 45.6 Å². The highest BCUT2D eigenvalue weighted by Gasteiger charge is 2.35. The predicted octanol–water partition coefficient (Wildman–Crippen LogP) is 3.18. The Bertz CT molecular complexity index is 472. The molecule has 2 N–H and O–H groups in total. The van der Waals surface area contributed by atoms with Crippen molar-refractivity contribution in [2.24, 2.45) is 0 Å². The first-order chi connectivity index (χ1) is 9.53. The van der Waals surface area contributed by atoms with Gasteiger partial charge in [0.15, 0.2) is 0 Å². The van der Waals surface area contributed by atoms with E-state index in [0.29, 0.717) is 12.1 Å². The summed E-state index contributed by atoms with van der Waals surface area (Å²) in [6.07, 6.45) is 4.94. The third-order valence-electron chi connectivity index (χ3n) is 4.46. The minimum atomic E-state index is -0.140. The second kappa shape index (κ2) is 5.38. The van der Waals surface area contributed by atoms with E-state index in [1.807, 2.05) is 6.07 Å². The monoisotopic (exact) mass is 275 g/mol. The Morgan fingerprint density at radius 3 is 2.85 bits per heavy atom. The number of para-hydroxylation sites is 1. The molecule has 1 saturated carbocycles. The van der Waals surface area contributed by atoms with Crippen LogP contribution in [0.3, 0.4) is 0 Å². The number of aliphatic hydroxyl groups is 1. The average molecular weight is 275 g/mol. The van der Waals surface area contributed by atoms with Crippen LogP contribution in [-0.4, -0.2) is 22.9 Å². The molecule has 0 aromatic heterocycles. The fourth-order valence-corrected chi connectivity index (χ4v) is 3.55. The number of hydrogen-bond acceptors (Lipinski definition) is 3. The van der Waals surface area contributed by atoms with Gasteiger partial charge in [-0.15, -0.1) is 0 Å². The van der Waals surface area contributed by atoms with Crippen LogP contribution < -0.4 is 10.1 Å². The quantitative estimate of drug-likeness (QED) is 0.871. The van der Waals surface area contributed by atoms with Gasteiger partial charge in [0.1, 0.15) is 11.4 Å². The van der Waals surface area contributed by atoms with Crippen molar-refractivity contribution in [3.8, 4) is 5.75 Å². The molecule has 1 aliphatic heterocycles. The van der Waals surface area contributed by atoms with E-state index in [-0.39, 0.29) is 11.7 Å². The molecule has 0 bridgehead atoms. The molecule has 1 aromatic carbocycles. The van der Waals surface area contributed by atoms with Gasteiger partial charge in [0.2, 0.25) is 0 Å². The Hall–Kier alpha value is -1.06. The number of benzene rings is 1. The first-order valence-electron chi connectivity index (χ1n) is 7.75. The fraction of sp³-hybridized carbons (Fsp3) is 0.647. The molecule has 3 unspecified atom stereocenters. The first-order valence-corrected chi connectivity index (χ1v) is 7.75. The largest absolute Gasteiger partial charge is 0.487 e. The molecular weight excluding hydrogens is 250 g/mol. The van der Waals surface area contributed by atoms with Crippen molar-refractivity contribution < 1.29 is 9.84 Å². The van der Waals surface area contributed by atoms with Gasteiger partial charge in [-0.2, -0.15) is 0 Å². The summed E-state index contributed by atoms with van der Waals surface area (Å²) >= 11 is 0. The Kier molecular flexibility index (Phi) is 3.74. The number of rotatable bonds is 2. The molecule has 1 fully saturated rings. The maximum atomic E-state index is 9.84. The van der Waals surface area contributed by atoms with Crippen molar-refractivity contribution in [1.29, 1.82) is 0 Å². The normalized spacial score (nSPS) is 32.2. The van der Waals surface area contributed by atoms with Gasteiger partial charge in [0, 0.05) is 24.1 Å². The molecule has 1 heterocycles.